The summed E-state index contributed by atoms with van der Waals surface area (Å²) < 4.78 is 5.21. The maximum atomic E-state index is 11.8. The Balaban J connectivity index is 1.42. The van der Waals surface area contributed by atoms with Crippen LogP contribution in [0.1, 0.15) is 38.0 Å². The largest absolute Gasteiger partial charge is 0.388 e. The van der Waals surface area contributed by atoms with Crippen molar-refractivity contribution in [3.63, 3.8) is 0 Å². The van der Waals surface area contributed by atoms with E-state index in [0.29, 0.717) is 42.5 Å². The quantitative estimate of drug-likeness (QED) is 0.802. The van der Waals surface area contributed by atoms with Gasteiger partial charge in [0.25, 0.3) is 0 Å². The molecule has 1 saturated carbocycles. The van der Waals surface area contributed by atoms with Gasteiger partial charge in [-0.25, -0.2) is 0 Å². The average Bonchev–Trinajstić information content (AvgIpc) is 3.00. The zero-order chi connectivity index (χ0) is 17.0. The number of nitrogens with one attached hydrogen (secondary N) is 1. The van der Waals surface area contributed by atoms with Gasteiger partial charge in [-0.1, -0.05) is 16.8 Å². The summed E-state index contributed by atoms with van der Waals surface area (Å²) in [7, 11) is 0. The highest BCUT2D eigenvalue weighted by molar-refractivity contribution is 6.30. The van der Waals surface area contributed by atoms with Crippen LogP contribution in [-0.2, 0) is 11.2 Å². The van der Waals surface area contributed by atoms with E-state index in [9.17, 15) is 9.90 Å². The number of hydrogen-bond acceptors (Lipinski definition) is 5. The minimum absolute atomic E-state index is 0.0623. The first-order valence-corrected chi connectivity index (χ1v) is 8.49. The van der Waals surface area contributed by atoms with E-state index >= 15 is 0 Å². The van der Waals surface area contributed by atoms with Gasteiger partial charge in [0.15, 0.2) is 0 Å². The molecule has 1 fully saturated rings. The molecule has 0 saturated heterocycles. The molecule has 3 rings (SSSR count). The normalized spacial score (nSPS) is 15.8. The number of rotatable bonds is 7. The molecule has 7 heteroatoms. The standard InChI is InChI=1S/C17H20ClN3O3/c18-13-7-5-12(6-8-13)16-20-15(24-21-16)4-1-3-14(22)19-11-17(23)9-2-10-17/h5-8,23H,1-4,9-11H2,(H,19,22). The lowest BCUT2D eigenvalue weighted by molar-refractivity contribution is -0.123. The molecule has 1 aliphatic carbocycles. The third-order valence-corrected chi connectivity index (χ3v) is 4.52. The van der Waals surface area contributed by atoms with Gasteiger partial charge in [-0.15, -0.1) is 0 Å². The average molecular weight is 350 g/mol. The van der Waals surface area contributed by atoms with Crippen molar-refractivity contribution in [1.29, 1.82) is 0 Å². The number of benzene rings is 1. The molecule has 1 heterocycles. The third-order valence-electron chi connectivity index (χ3n) is 4.26. The second-order valence-corrected chi connectivity index (χ2v) is 6.66. The first-order valence-electron chi connectivity index (χ1n) is 8.12. The Morgan fingerprint density at radius 3 is 2.75 bits per heavy atom. The number of aliphatic hydroxyl groups is 1. The molecule has 0 spiro atoms. The Morgan fingerprint density at radius 1 is 1.33 bits per heavy atom. The van der Waals surface area contributed by atoms with Gasteiger partial charge < -0.3 is 14.9 Å². The van der Waals surface area contributed by atoms with Crippen molar-refractivity contribution < 1.29 is 14.4 Å². The predicted octanol–water partition coefficient (Wildman–Crippen LogP) is 2.74. The summed E-state index contributed by atoms with van der Waals surface area (Å²) in [6, 6.07) is 7.20. The maximum absolute atomic E-state index is 11.8. The summed E-state index contributed by atoms with van der Waals surface area (Å²) in [5.74, 6) is 0.955. The van der Waals surface area contributed by atoms with E-state index in [1.54, 1.807) is 12.1 Å². The Labute approximate surface area is 145 Å². The highest BCUT2D eigenvalue weighted by Gasteiger charge is 2.34. The SMILES string of the molecule is O=C(CCCc1nc(-c2ccc(Cl)cc2)no1)NCC1(O)CCC1. The molecular weight excluding hydrogens is 330 g/mol. The molecular formula is C17H20ClN3O3. The van der Waals surface area contributed by atoms with Crippen molar-refractivity contribution in [2.24, 2.45) is 0 Å². The molecule has 0 unspecified atom stereocenters. The second kappa shape index (κ2) is 7.32. The predicted molar refractivity (Wildman–Crippen MR) is 89.5 cm³/mol. The number of hydrogen-bond donors (Lipinski definition) is 2. The lowest BCUT2D eigenvalue weighted by Gasteiger charge is -2.36. The molecule has 24 heavy (non-hydrogen) atoms. The smallest absolute Gasteiger partial charge is 0.226 e. The van der Waals surface area contributed by atoms with Crippen LogP contribution in [0.2, 0.25) is 5.02 Å². The monoisotopic (exact) mass is 349 g/mol. The number of aromatic nitrogens is 2. The fourth-order valence-electron chi connectivity index (χ4n) is 2.59. The van der Waals surface area contributed by atoms with E-state index in [2.05, 4.69) is 15.5 Å². The molecule has 1 aliphatic rings. The summed E-state index contributed by atoms with van der Waals surface area (Å²) in [5.41, 5.74) is 0.149. The van der Waals surface area contributed by atoms with Gasteiger partial charge in [-0.05, 0) is 49.9 Å². The first kappa shape index (κ1) is 16.9. The first-order chi connectivity index (χ1) is 11.5. The van der Waals surface area contributed by atoms with Gasteiger partial charge >= 0.3 is 0 Å². The van der Waals surface area contributed by atoms with E-state index in [1.165, 1.54) is 0 Å². The Morgan fingerprint density at radius 2 is 2.08 bits per heavy atom. The highest BCUT2D eigenvalue weighted by atomic mass is 35.5. The number of carbonyl (C=O) groups excluding carboxylic acids is 1. The number of amides is 1. The van der Waals surface area contributed by atoms with Crippen LogP contribution in [0.15, 0.2) is 28.8 Å². The van der Waals surface area contributed by atoms with Crippen molar-refractivity contribution in [3.05, 3.63) is 35.2 Å². The van der Waals surface area contributed by atoms with Gasteiger partial charge in [-0.3, -0.25) is 4.79 Å². The molecule has 0 atom stereocenters. The molecule has 1 aromatic carbocycles. The Hall–Kier alpha value is -1.92. The number of halogens is 1. The van der Waals surface area contributed by atoms with Crippen LogP contribution in [0.3, 0.4) is 0 Å². The molecule has 128 valence electrons. The fourth-order valence-corrected chi connectivity index (χ4v) is 2.71. The topological polar surface area (TPSA) is 88.2 Å². The molecule has 0 aliphatic heterocycles. The van der Waals surface area contributed by atoms with Crippen LogP contribution in [0, 0.1) is 0 Å². The number of aryl methyl sites for hydroxylation is 1. The van der Waals surface area contributed by atoms with Crippen molar-refractivity contribution in [2.75, 3.05) is 6.54 Å². The van der Waals surface area contributed by atoms with Crippen molar-refractivity contribution in [1.82, 2.24) is 15.5 Å². The van der Waals surface area contributed by atoms with Crippen LogP contribution in [0.25, 0.3) is 11.4 Å². The van der Waals surface area contributed by atoms with Gasteiger partial charge in [0.2, 0.25) is 17.6 Å². The zero-order valence-corrected chi connectivity index (χ0v) is 14.1. The van der Waals surface area contributed by atoms with Crippen molar-refractivity contribution in [3.8, 4) is 11.4 Å². The summed E-state index contributed by atoms with van der Waals surface area (Å²) in [6.07, 6.45) is 4.09. The van der Waals surface area contributed by atoms with Crippen LogP contribution in [-0.4, -0.2) is 33.3 Å². The van der Waals surface area contributed by atoms with Crippen molar-refractivity contribution in [2.45, 2.75) is 44.1 Å². The highest BCUT2D eigenvalue weighted by Crippen LogP contribution is 2.30. The van der Waals surface area contributed by atoms with Gasteiger partial charge in [-0.2, -0.15) is 4.98 Å². The van der Waals surface area contributed by atoms with Crippen LogP contribution < -0.4 is 5.32 Å². The van der Waals surface area contributed by atoms with Gasteiger partial charge in [0.1, 0.15) is 0 Å². The molecule has 0 bridgehead atoms. The molecule has 0 radical (unpaired) electrons. The summed E-state index contributed by atoms with van der Waals surface area (Å²) >= 11 is 5.85. The Kier molecular flexibility index (Phi) is 5.16. The Bertz CT molecular complexity index is 695. The van der Waals surface area contributed by atoms with E-state index < -0.39 is 5.60 Å². The lowest BCUT2D eigenvalue weighted by Crippen LogP contribution is -2.47. The molecule has 2 N–H and O–H groups in total. The van der Waals surface area contributed by atoms with E-state index in [4.69, 9.17) is 16.1 Å². The number of carbonyl (C=O) groups is 1. The summed E-state index contributed by atoms with van der Waals surface area (Å²) in [6.45, 7) is 0.340. The molecule has 1 amide bonds. The fraction of sp³-hybridized carbons (Fsp3) is 0.471. The van der Waals surface area contributed by atoms with Gasteiger partial charge in [0.05, 0.1) is 5.60 Å². The molecule has 6 nitrogen and oxygen atoms in total. The minimum atomic E-state index is -0.685. The van der Waals surface area contributed by atoms with Crippen LogP contribution in [0.4, 0.5) is 0 Å². The van der Waals surface area contributed by atoms with E-state index in [0.717, 1.165) is 24.8 Å². The summed E-state index contributed by atoms with van der Waals surface area (Å²) in [5, 5.41) is 17.3. The van der Waals surface area contributed by atoms with Crippen LogP contribution >= 0.6 is 11.6 Å². The molecule has 1 aromatic heterocycles. The third kappa shape index (κ3) is 4.33. The van der Waals surface area contributed by atoms with E-state index in [1.807, 2.05) is 12.1 Å². The second-order valence-electron chi connectivity index (χ2n) is 6.23. The van der Waals surface area contributed by atoms with Crippen molar-refractivity contribution >= 4 is 17.5 Å². The zero-order valence-electron chi connectivity index (χ0n) is 13.3. The van der Waals surface area contributed by atoms with E-state index in [-0.39, 0.29) is 5.91 Å². The molecule has 2 aromatic rings. The summed E-state index contributed by atoms with van der Waals surface area (Å²) in [4.78, 5) is 16.1. The van der Waals surface area contributed by atoms with Crippen LogP contribution in [0.5, 0.6) is 0 Å². The maximum Gasteiger partial charge on any atom is 0.226 e. The lowest BCUT2D eigenvalue weighted by atomic mass is 9.80. The number of nitrogens with zero attached hydrogens (tertiary/aromatic N) is 2. The van der Waals surface area contributed by atoms with Gasteiger partial charge in [0, 0.05) is 30.0 Å². The minimum Gasteiger partial charge on any atom is -0.388 e.